The number of tetrazole rings is 1. The predicted octanol–water partition coefficient (Wildman–Crippen LogP) is 2.15. The Kier molecular flexibility index (Phi) is 6.12. The zero-order chi connectivity index (χ0) is 20.8. The number of carbonyl (C=O) groups excluding carboxylic acids is 2. The van der Waals surface area contributed by atoms with Crippen LogP contribution in [-0.4, -0.2) is 50.0 Å². The fraction of sp³-hybridized carbons (Fsp3) is 0.318. The topological polar surface area (TPSA) is 93.0 Å². The molecule has 0 spiro atoms. The van der Waals surface area contributed by atoms with Crippen LogP contribution in [0.4, 0.5) is 0 Å². The van der Waals surface area contributed by atoms with Crippen LogP contribution in [0.5, 0.6) is 0 Å². The summed E-state index contributed by atoms with van der Waals surface area (Å²) < 4.78 is 1.56. The van der Waals surface area contributed by atoms with Gasteiger partial charge in [-0.05, 0) is 65.1 Å². The van der Waals surface area contributed by atoms with Gasteiger partial charge >= 0.3 is 0 Å². The Morgan fingerprint density at radius 2 is 1.77 bits per heavy atom. The third-order valence-corrected chi connectivity index (χ3v) is 5.22. The Morgan fingerprint density at radius 3 is 2.50 bits per heavy atom. The van der Waals surface area contributed by atoms with Crippen LogP contribution >= 0.6 is 0 Å². The molecule has 2 aromatic carbocycles. The van der Waals surface area contributed by atoms with E-state index in [9.17, 15) is 9.59 Å². The zero-order valence-electron chi connectivity index (χ0n) is 16.7. The Bertz CT molecular complexity index is 995. The number of hydrogen-bond acceptors (Lipinski definition) is 5. The zero-order valence-corrected chi connectivity index (χ0v) is 16.7. The van der Waals surface area contributed by atoms with E-state index in [-0.39, 0.29) is 18.2 Å². The van der Waals surface area contributed by atoms with E-state index < -0.39 is 0 Å². The van der Waals surface area contributed by atoms with Crippen LogP contribution in [0, 0.1) is 0 Å². The van der Waals surface area contributed by atoms with Gasteiger partial charge in [-0.15, -0.1) is 5.10 Å². The highest BCUT2D eigenvalue weighted by atomic mass is 16.2. The van der Waals surface area contributed by atoms with Gasteiger partial charge in [-0.1, -0.05) is 24.3 Å². The highest BCUT2D eigenvalue weighted by Crippen LogP contribution is 2.14. The molecule has 1 aliphatic heterocycles. The maximum absolute atomic E-state index is 12.7. The van der Waals surface area contributed by atoms with Gasteiger partial charge in [-0.3, -0.25) is 9.59 Å². The summed E-state index contributed by atoms with van der Waals surface area (Å²) in [5.41, 5.74) is 3.33. The molecule has 0 bridgehead atoms. The second-order valence-electron chi connectivity index (χ2n) is 7.43. The number of carbonyl (C=O) groups is 2. The van der Waals surface area contributed by atoms with Crippen LogP contribution in [0.2, 0.25) is 0 Å². The van der Waals surface area contributed by atoms with Crippen LogP contribution in [0.25, 0.3) is 5.69 Å². The van der Waals surface area contributed by atoms with Gasteiger partial charge in [0, 0.05) is 25.2 Å². The maximum Gasteiger partial charge on any atom is 0.253 e. The lowest BCUT2D eigenvalue weighted by Gasteiger charge is -2.26. The Balaban J connectivity index is 1.31. The summed E-state index contributed by atoms with van der Waals surface area (Å²) in [7, 11) is 0. The van der Waals surface area contributed by atoms with E-state index in [4.69, 9.17) is 0 Å². The van der Waals surface area contributed by atoms with Gasteiger partial charge in [0.1, 0.15) is 6.33 Å². The number of rotatable bonds is 6. The van der Waals surface area contributed by atoms with Crippen molar-refractivity contribution in [3.8, 4) is 5.69 Å². The first kappa shape index (κ1) is 19.8. The number of aromatic nitrogens is 4. The van der Waals surface area contributed by atoms with Crippen molar-refractivity contribution in [1.82, 2.24) is 30.4 Å². The molecule has 8 heteroatoms. The Morgan fingerprint density at radius 1 is 0.967 bits per heavy atom. The average molecular weight is 404 g/mol. The lowest BCUT2D eigenvalue weighted by molar-refractivity contribution is -0.120. The van der Waals surface area contributed by atoms with Crippen molar-refractivity contribution in [2.75, 3.05) is 13.1 Å². The fourth-order valence-electron chi connectivity index (χ4n) is 3.59. The van der Waals surface area contributed by atoms with Crippen LogP contribution < -0.4 is 5.32 Å². The smallest absolute Gasteiger partial charge is 0.253 e. The average Bonchev–Trinajstić information content (AvgIpc) is 3.33. The number of piperidine rings is 1. The fourth-order valence-corrected chi connectivity index (χ4v) is 3.59. The lowest BCUT2D eigenvalue weighted by Crippen LogP contribution is -2.35. The molecule has 154 valence electrons. The third-order valence-electron chi connectivity index (χ3n) is 5.22. The Hall–Kier alpha value is -3.55. The SMILES string of the molecule is O=C(Cc1ccc(-n2cnnn2)cc1)NCc1cccc(C(=O)N2CCCCC2)c1. The summed E-state index contributed by atoms with van der Waals surface area (Å²) in [5, 5.41) is 14.0. The van der Waals surface area contributed by atoms with Crippen LogP contribution in [-0.2, 0) is 17.8 Å². The van der Waals surface area contributed by atoms with Gasteiger partial charge in [0.2, 0.25) is 5.91 Å². The van der Waals surface area contributed by atoms with Crippen molar-refractivity contribution in [2.45, 2.75) is 32.2 Å². The second-order valence-corrected chi connectivity index (χ2v) is 7.43. The molecule has 0 radical (unpaired) electrons. The molecule has 1 aliphatic rings. The molecule has 1 saturated heterocycles. The molecular weight excluding hydrogens is 380 g/mol. The van der Waals surface area contributed by atoms with Gasteiger partial charge in [0.05, 0.1) is 12.1 Å². The van der Waals surface area contributed by atoms with Crippen molar-refractivity contribution >= 4 is 11.8 Å². The maximum atomic E-state index is 12.7. The predicted molar refractivity (Wildman–Crippen MR) is 111 cm³/mol. The lowest BCUT2D eigenvalue weighted by atomic mass is 10.1. The molecular formula is C22H24N6O2. The number of amides is 2. The molecule has 30 heavy (non-hydrogen) atoms. The van der Waals surface area contributed by atoms with Crippen molar-refractivity contribution in [2.24, 2.45) is 0 Å². The number of nitrogens with one attached hydrogen (secondary N) is 1. The third kappa shape index (κ3) is 4.89. The minimum absolute atomic E-state index is 0.0714. The van der Waals surface area contributed by atoms with Gasteiger partial charge in [-0.2, -0.15) is 0 Å². The standard InChI is InChI=1S/C22H24N6O2/c29-21(14-17-7-9-20(10-8-17)28-16-24-25-26-28)23-15-18-5-4-6-19(13-18)22(30)27-11-2-1-3-12-27/h4-10,13,16H,1-3,11-12,14-15H2,(H,23,29). The number of hydrogen-bond donors (Lipinski definition) is 1. The summed E-state index contributed by atoms with van der Waals surface area (Å²) >= 11 is 0. The largest absolute Gasteiger partial charge is 0.352 e. The highest BCUT2D eigenvalue weighted by Gasteiger charge is 2.18. The minimum Gasteiger partial charge on any atom is -0.352 e. The van der Waals surface area contributed by atoms with Crippen molar-refractivity contribution in [3.63, 3.8) is 0 Å². The Labute approximate surface area is 174 Å². The van der Waals surface area contributed by atoms with Crippen LogP contribution in [0.15, 0.2) is 54.9 Å². The molecule has 1 aromatic heterocycles. The van der Waals surface area contributed by atoms with E-state index in [0.29, 0.717) is 12.1 Å². The normalized spacial score (nSPS) is 13.8. The van der Waals surface area contributed by atoms with E-state index in [0.717, 1.165) is 42.7 Å². The monoisotopic (exact) mass is 404 g/mol. The quantitative estimate of drug-likeness (QED) is 0.680. The van der Waals surface area contributed by atoms with Crippen molar-refractivity contribution in [3.05, 3.63) is 71.5 Å². The highest BCUT2D eigenvalue weighted by molar-refractivity contribution is 5.94. The molecule has 8 nitrogen and oxygen atoms in total. The number of benzene rings is 2. The first-order valence-corrected chi connectivity index (χ1v) is 10.2. The molecule has 2 amide bonds. The summed E-state index contributed by atoms with van der Waals surface area (Å²) in [6, 6.07) is 15.0. The summed E-state index contributed by atoms with van der Waals surface area (Å²) in [6.45, 7) is 2.04. The molecule has 4 rings (SSSR count). The molecule has 0 saturated carbocycles. The van der Waals surface area contributed by atoms with Crippen molar-refractivity contribution in [1.29, 1.82) is 0 Å². The van der Waals surface area contributed by atoms with Crippen molar-refractivity contribution < 1.29 is 9.59 Å². The first-order chi connectivity index (χ1) is 14.7. The van der Waals surface area contributed by atoms with Gasteiger partial charge in [0.15, 0.2) is 0 Å². The molecule has 3 aromatic rings. The summed E-state index contributed by atoms with van der Waals surface area (Å²) in [6.07, 6.45) is 5.13. The minimum atomic E-state index is -0.0714. The summed E-state index contributed by atoms with van der Waals surface area (Å²) in [5.74, 6) is 0.00322. The first-order valence-electron chi connectivity index (χ1n) is 10.2. The summed E-state index contributed by atoms with van der Waals surface area (Å²) in [4.78, 5) is 26.9. The van der Waals surface area contributed by atoms with Crippen LogP contribution in [0.3, 0.4) is 0 Å². The molecule has 1 N–H and O–H groups in total. The van der Waals surface area contributed by atoms with Crippen LogP contribution in [0.1, 0.15) is 40.7 Å². The van der Waals surface area contributed by atoms with E-state index in [1.54, 1.807) is 4.68 Å². The number of likely N-dealkylation sites (tertiary alicyclic amines) is 1. The van der Waals surface area contributed by atoms with E-state index in [1.807, 2.05) is 53.4 Å². The second kappa shape index (κ2) is 9.30. The number of nitrogens with zero attached hydrogens (tertiary/aromatic N) is 5. The van der Waals surface area contributed by atoms with E-state index >= 15 is 0 Å². The molecule has 0 aliphatic carbocycles. The van der Waals surface area contributed by atoms with Gasteiger partial charge in [-0.25, -0.2) is 4.68 Å². The van der Waals surface area contributed by atoms with E-state index in [2.05, 4.69) is 20.8 Å². The van der Waals surface area contributed by atoms with Gasteiger partial charge in [0.25, 0.3) is 5.91 Å². The van der Waals surface area contributed by atoms with Gasteiger partial charge < -0.3 is 10.2 Å². The molecule has 0 atom stereocenters. The molecule has 2 heterocycles. The molecule has 1 fully saturated rings. The van der Waals surface area contributed by atoms with E-state index in [1.165, 1.54) is 12.7 Å². The molecule has 0 unspecified atom stereocenters.